The van der Waals surface area contributed by atoms with Crippen molar-refractivity contribution in [3.63, 3.8) is 0 Å². The van der Waals surface area contributed by atoms with Crippen molar-refractivity contribution < 1.29 is 32.5 Å². The second kappa shape index (κ2) is 9.11. The molecule has 0 amide bonds. The number of alkyl halides is 3. The van der Waals surface area contributed by atoms with Crippen molar-refractivity contribution in [2.45, 2.75) is 75.0 Å². The first-order chi connectivity index (χ1) is 17.2. The maximum atomic E-state index is 14.1. The van der Waals surface area contributed by atoms with E-state index in [9.17, 15) is 27.8 Å². The summed E-state index contributed by atoms with van der Waals surface area (Å²) < 4.78 is 62.8. The van der Waals surface area contributed by atoms with E-state index < -0.39 is 34.8 Å². The number of fused-ring (bicyclic) bond motifs is 1. The molecule has 5 rings (SSSR count). The van der Waals surface area contributed by atoms with Crippen LogP contribution in [-0.4, -0.2) is 44.3 Å². The van der Waals surface area contributed by atoms with E-state index in [2.05, 4.69) is 10.4 Å². The van der Waals surface area contributed by atoms with E-state index in [1.165, 1.54) is 35.0 Å². The Morgan fingerprint density at radius 3 is 2.43 bits per heavy atom. The largest absolute Gasteiger partial charge is 0.492 e. The van der Waals surface area contributed by atoms with Gasteiger partial charge in [-0.2, -0.15) is 18.3 Å². The maximum absolute atomic E-state index is 14.1. The Hall–Kier alpha value is -2.40. The Balaban J connectivity index is 1.40. The topological polar surface area (TPSA) is 79.5 Å². The number of aromatic nitrogens is 2. The fraction of sp³-hybridized carbons (Fsp3) is 0.500. The molecule has 11 heteroatoms. The molecular weight excluding hydrogens is 514 g/mol. The first-order valence-corrected chi connectivity index (χ1v) is 12.5. The van der Waals surface area contributed by atoms with Gasteiger partial charge in [0.05, 0.1) is 28.3 Å². The fourth-order valence-electron chi connectivity index (χ4n) is 5.72. The zero-order chi connectivity index (χ0) is 26.8. The van der Waals surface area contributed by atoms with Crippen LogP contribution in [0.4, 0.5) is 17.6 Å². The molecule has 0 radical (unpaired) electrons. The Morgan fingerprint density at radius 2 is 1.81 bits per heavy atom. The van der Waals surface area contributed by atoms with Crippen molar-refractivity contribution in [3.05, 3.63) is 58.5 Å². The third kappa shape index (κ3) is 5.16. The highest BCUT2D eigenvalue weighted by atomic mass is 35.5. The lowest BCUT2D eigenvalue weighted by Crippen LogP contribution is -2.53. The van der Waals surface area contributed by atoms with Crippen LogP contribution in [-0.2, 0) is 11.8 Å². The SMILES string of the molecule is CC1CC(O)(c2ccc(F)cc2)CC(COc2cc(C(F)(F)F)c3c(c2)c(Cl)nn3C2CC(C)(O)C2)N1. The Bertz CT molecular complexity index is 1300. The van der Waals surface area contributed by atoms with Crippen LogP contribution in [0.3, 0.4) is 0 Å². The van der Waals surface area contributed by atoms with Crippen LogP contribution >= 0.6 is 11.6 Å². The summed E-state index contributed by atoms with van der Waals surface area (Å²) in [6, 6.07) is 7.14. The van der Waals surface area contributed by atoms with Crippen molar-refractivity contribution in [2.24, 2.45) is 0 Å². The molecule has 1 aliphatic carbocycles. The van der Waals surface area contributed by atoms with Crippen LogP contribution in [0.15, 0.2) is 36.4 Å². The van der Waals surface area contributed by atoms with Gasteiger partial charge in [-0.05, 0) is 69.4 Å². The number of rotatable bonds is 5. The van der Waals surface area contributed by atoms with Crippen molar-refractivity contribution in [1.82, 2.24) is 15.1 Å². The highest BCUT2D eigenvalue weighted by Gasteiger charge is 2.43. The van der Waals surface area contributed by atoms with Crippen LogP contribution in [0.2, 0.25) is 5.15 Å². The van der Waals surface area contributed by atoms with Crippen molar-refractivity contribution in [1.29, 1.82) is 0 Å². The molecule has 2 aliphatic rings. The van der Waals surface area contributed by atoms with Crippen molar-refractivity contribution in [3.8, 4) is 5.75 Å². The highest BCUT2D eigenvalue weighted by molar-refractivity contribution is 6.34. The summed E-state index contributed by atoms with van der Waals surface area (Å²) in [5.41, 5.74) is -2.67. The van der Waals surface area contributed by atoms with Gasteiger partial charge in [0, 0.05) is 17.5 Å². The van der Waals surface area contributed by atoms with Crippen LogP contribution in [0.1, 0.15) is 56.7 Å². The van der Waals surface area contributed by atoms with Gasteiger partial charge in [-0.25, -0.2) is 4.39 Å². The molecule has 6 nitrogen and oxygen atoms in total. The zero-order valence-electron chi connectivity index (χ0n) is 20.3. The van der Waals surface area contributed by atoms with E-state index in [4.69, 9.17) is 16.3 Å². The molecule has 1 saturated carbocycles. The van der Waals surface area contributed by atoms with Crippen LogP contribution < -0.4 is 10.1 Å². The summed E-state index contributed by atoms with van der Waals surface area (Å²) in [6.45, 7) is 3.51. The lowest BCUT2D eigenvalue weighted by molar-refractivity contribution is -0.136. The molecular formula is C26H28ClF4N3O3. The summed E-state index contributed by atoms with van der Waals surface area (Å²) in [5, 5.41) is 28.9. The molecule has 3 atom stereocenters. The summed E-state index contributed by atoms with van der Waals surface area (Å²) >= 11 is 6.26. The number of ether oxygens (including phenoxy) is 1. The van der Waals surface area contributed by atoms with Crippen LogP contribution in [0.5, 0.6) is 5.75 Å². The normalized spacial score (nSPS) is 30.4. The van der Waals surface area contributed by atoms with E-state index in [-0.39, 0.29) is 59.8 Å². The second-order valence-corrected chi connectivity index (χ2v) is 11.0. The predicted molar refractivity (Wildman–Crippen MR) is 130 cm³/mol. The minimum absolute atomic E-state index is 0.00605. The summed E-state index contributed by atoms with van der Waals surface area (Å²) in [5.74, 6) is -0.429. The number of hydrogen-bond donors (Lipinski definition) is 3. The van der Waals surface area contributed by atoms with Gasteiger partial charge in [0.2, 0.25) is 0 Å². The molecule has 0 bridgehead atoms. The van der Waals surface area contributed by atoms with Gasteiger partial charge in [-0.15, -0.1) is 0 Å². The van der Waals surface area contributed by atoms with Crippen LogP contribution in [0.25, 0.3) is 10.9 Å². The number of halogens is 5. The number of aliphatic hydroxyl groups is 2. The average Bonchev–Trinajstić information content (AvgIpc) is 3.10. The molecule has 3 N–H and O–H groups in total. The van der Waals surface area contributed by atoms with Gasteiger partial charge in [0.1, 0.15) is 18.2 Å². The summed E-state index contributed by atoms with van der Waals surface area (Å²) in [7, 11) is 0. The molecule has 37 heavy (non-hydrogen) atoms. The molecule has 1 saturated heterocycles. The summed E-state index contributed by atoms with van der Waals surface area (Å²) in [4.78, 5) is 0. The van der Waals surface area contributed by atoms with Gasteiger partial charge in [0.25, 0.3) is 0 Å². The van der Waals surface area contributed by atoms with Gasteiger partial charge in [-0.1, -0.05) is 23.7 Å². The zero-order valence-corrected chi connectivity index (χ0v) is 21.1. The number of nitrogens with one attached hydrogen (secondary N) is 1. The van der Waals surface area contributed by atoms with Gasteiger partial charge >= 0.3 is 6.18 Å². The van der Waals surface area contributed by atoms with E-state index in [0.29, 0.717) is 12.0 Å². The number of piperidine rings is 1. The first-order valence-electron chi connectivity index (χ1n) is 12.1. The average molecular weight is 542 g/mol. The van der Waals surface area contributed by atoms with Crippen molar-refractivity contribution in [2.75, 3.05) is 6.61 Å². The molecule has 1 aliphatic heterocycles. The molecule has 3 unspecified atom stereocenters. The van der Waals surface area contributed by atoms with E-state index in [0.717, 1.165) is 6.07 Å². The third-order valence-corrected chi connectivity index (χ3v) is 7.59. The van der Waals surface area contributed by atoms with Crippen LogP contribution in [0, 0.1) is 5.82 Å². The Morgan fingerprint density at radius 1 is 1.14 bits per heavy atom. The molecule has 2 fully saturated rings. The molecule has 0 spiro atoms. The predicted octanol–water partition coefficient (Wildman–Crippen LogP) is 5.34. The van der Waals surface area contributed by atoms with E-state index in [1.54, 1.807) is 6.92 Å². The second-order valence-electron chi connectivity index (χ2n) is 10.7. The number of nitrogens with zero attached hydrogens (tertiary/aromatic N) is 2. The molecule has 200 valence electrons. The molecule has 2 heterocycles. The summed E-state index contributed by atoms with van der Waals surface area (Å²) in [6.07, 6.45) is -3.51. The van der Waals surface area contributed by atoms with Gasteiger partial charge in [-0.3, -0.25) is 4.68 Å². The molecule has 2 aromatic carbocycles. The smallest absolute Gasteiger partial charge is 0.418 e. The standard InChI is InChI=1S/C26H28ClF4N3O3/c1-14-9-25(36,15-3-5-16(28)6-4-15)10-17(32-14)13-37-19-7-20-22(21(8-19)26(29,30)31)34(33-23(20)27)18-11-24(2,35)12-18/h3-8,14,17-18,32,35-36H,9-13H2,1-2H3. The number of hydrogen-bond acceptors (Lipinski definition) is 5. The van der Waals surface area contributed by atoms with E-state index >= 15 is 0 Å². The minimum Gasteiger partial charge on any atom is -0.492 e. The van der Waals surface area contributed by atoms with Gasteiger partial charge < -0.3 is 20.3 Å². The van der Waals surface area contributed by atoms with Gasteiger partial charge in [0.15, 0.2) is 5.15 Å². The molecule has 1 aromatic heterocycles. The quantitative estimate of drug-likeness (QED) is 0.380. The third-order valence-electron chi connectivity index (χ3n) is 7.31. The highest BCUT2D eigenvalue weighted by Crippen LogP contribution is 2.46. The monoisotopic (exact) mass is 541 g/mol. The first kappa shape index (κ1) is 26.2. The van der Waals surface area contributed by atoms with Crippen molar-refractivity contribution >= 4 is 22.5 Å². The fourth-order valence-corrected chi connectivity index (χ4v) is 5.95. The Kier molecular flexibility index (Phi) is 6.46. The molecule has 3 aromatic rings. The maximum Gasteiger partial charge on any atom is 0.418 e. The lowest BCUT2D eigenvalue weighted by Gasteiger charge is -2.41. The van der Waals surface area contributed by atoms with E-state index in [1.807, 2.05) is 6.92 Å². The Labute approximate surface area is 216 Å². The minimum atomic E-state index is -4.69. The number of benzene rings is 2. The lowest BCUT2D eigenvalue weighted by atomic mass is 9.77.